The van der Waals surface area contributed by atoms with Crippen molar-refractivity contribution in [2.45, 2.75) is 46.7 Å². The van der Waals surface area contributed by atoms with E-state index >= 15 is 0 Å². The Morgan fingerprint density at radius 2 is 1.90 bits per heavy atom. The highest BCUT2D eigenvalue weighted by molar-refractivity contribution is 6.36. The number of nitrogens with zero attached hydrogens (tertiary/aromatic N) is 1. The van der Waals surface area contributed by atoms with Crippen LogP contribution < -0.4 is 10.2 Å². The predicted octanol–water partition coefficient (Wildman–Crippen LogP) is 4.84. The lowest BCUT2D eigenvalue weighted by Gasteiger charge is -2.47. The first-order valence-electron chi connectivity index (χ1n) is 7.65. The lowest BCUT2D eigenvalue weighted by Crippen LogP contribution is -2.62. The lowest BCUT2D eigenvalue weighted by atomic mass is 9.83. The highest BCUT2D eigenvalue weighted by Crippen LogP contribution is 2.34. The van der Waals surface area contributed by atoms with E-state index in [0.717, 1.165) is 23.8 Å². The Hall–Kier alpha value is -0.440. The fourth-order valence-corrected chi connectivity index (χ4v) is 3.45. The third-order valence-corrected chi connectivity index (χ3v) is 4.92. The van der Waals surface area contributed by atoms with Crippen LogP contribution in [0.4, 0.5) is 5.69 Å². The number of benzene rings is 1. The van der Waals surface area contributed by atoms with E-state index in [9.17, 15) is 0 Å². The molecule has 1 aliphatic rings. The Morgan fingerprint density at radius 3 is 2.43 bits per heavy atom. The normalized spacial score (nSPS) is 23.7. The third kappa shape index (κ3) is 3.85. The second-order valence-electron chi connectivity index (χ2n) is 7.39. The molecule has 0 aliphatic carbocycles. The van der Waals surface area contributed by atoms with E-state index < -0.39 is 0 Å². The summed E-state index contributed by atoms with van der Waals surface area (Å²) in [6.45, 7) is 13.3. The van der Waals surface area contributed by atoms with Crippen molar-refractivity contribution in [2.75, 3.05) is 18.0 Å². The summed E-state index contributed by atoms with van der Waals surface area (Å²) >= 11 is 12.5. The van der Waals surface area contributed by atoms with Crippen molar-refractivity contribution in [1.82, 2.24) is 5.32 Å². The molecule has 2 nitrogen and oxygen atoms in total. The van der Waals surface area contributed by atoms with Crippen molar-refractivity contribution in [2.24, 2.45) is 11.3 Å². The second-order valence-corrected chi connectivity index (χ2v) is 8.23. The van der Waals surface area contributed by atoms with Crippen molar-refractivity contribution < 1.29 is 0 Å². The maximum Gasteiger partial charge on any atom is 0.0654 e. The van der Waals surface area contributed by atoms with Gasteiger partial charge in [-0.1, -0.05) is 57.8 Å². The van der Waals surface area contributed by atoms with Crippen LogP contribution in [0, 0.1) is 11.3 Å². The molecule has 1 saturated heterocycles. The molecule has 21 heavy (non-hydrogen) atoms. The quantitative estimate of drug-likeness (QED) is 0.835. The van der Waals surface area contributed by atoms with Gasteiger partial charge in [0.2, 0.25) is 0 Å². The zero-order valence-corrected chi connectivity index (χ0v) is 15.1. The molecular weight excluding hydrogens is 303 g/mol. The summed E-state index contributed by atoms with van der Waals surface area (Å²) in [5, 5.41) is 5.14. The van der Waals surface area contributed by atoms with Crippen LogP contribution in [0.3, 0.4) is 0 Å². The number of nitrogens with one attached hydrogen (secondary N) is 1. The fourth-order valence-electron chi connectivity index (χ4n) is 2.94. The van der Waals surface area contributed by atoms with Gasteiger partial charge in [-0.15, -0.1) is 0 Å². The van der Waals surface area contributed by atoms with Gasteiger partial charge in [0.15, 0.2) is 0 Å². The molecule has 0 spiro atoms. The molecule has 2 unspecified atom stereocenters. The molecular formula is C17H26Cl2N2. The molecule has 1 fully saturated rings. The molecule has 0 radical (unpaired) electrons. The minimum absolute atomic E-state index is 0.221. The summed E-state index contributed by atoms with van der Waals surface area (Å²) < 4.78 is 0. The monoisotopic (exact) mass is 328 g/mol. The van der Waals surface area contributed by atoms with Crippen LogP contribution >= 0.6 is 23.2 Å². The van der Waals surface area contributed by atoms with E-state index in [1.165, 1.54) is 0 Å². The van der Waals surface area contributed by atoms with Crippen molar-refractivity contribution >= 4 is 28.9 Å². The Labute approximate surface area is 138 Å². The highest BCUT2D eigenvalue weighted by atomic mass is 35.5. The first kappa shape index (κ1) is 16.9. The van der Waals surface area contributed by atoms with E-state index in [1.807, 2.05) is 18.2 Å². The maximum absolute atomic E-state index is 6.45. The van der Waals surface area contributed by atoms with E-state index in [2.05, 4.69) is 44.8 Å². The van der Waals surface area contributed by atoms with Crippen LogP contribution in [-0.2, 0) is 0 Å². The summed E-state index contributed by atoms with van der Waals surface area (Å²) in [5.41, 5.74) is 1.31. The minimum atomic E-state index is 0.221. The average Bonchev–Trinajstić information content (AvgIpc) is 2.37. The smallest absolute Gasteiger partial charge is 0.0654 e. The van der Waals surface area contributed by atoms with E-state index in [-0.39, 0.29) is 5.41 Å². The Kier molecular flexibility index (Phi) is 5.12. The first-order chi connectivity index (χ1) is 9.70. The van der Waals surface area contributed by atoms with Gasteiger partial charge in [-0.05, 0) is 29.5 Å². The zero-order chi connectivity index (χ0) is 15.8. The van der Waals surface area contributed by atoms with Gasteiger partial charge in [-0.2, -0.15) is 0 Å². The maximum atomic E-state index is 6.45. The standard InChI is InChI=1S/C17H26Cl2N2/c1-11(2)15-9-20-16(17(3,4)5)10-21(15)14-7-6-12(18)8-13(14)19/h6-8,11,15-16,20H,9-10H2,1-5H3. The van der Waals surface area contributed by atoms with E-state index in [0.29, 0.717) is 23.0 Å². The predicted molar refractivity (Wildman–Crippen MR) is 93.7 cm³/mol. The molecule has 1 N–H and O–H groups in total. The van der Waals surface area contributed by atoms with Gasteiger partial charge < -0.3 is 10.2 Å². The van der Waals surface area contributed by atoms with Gasteiger partial charge >= 0.3 is 0 Å². The molecule has 0 bridgehead atoms. The second kappa shape index (κ2) is 6.36. The van der Waals surface area contributed by atoms with Crippen LogP contribution in [0.1, 0.15) is 34.6 Å². The number of hydrogen-bond donors (Lipinski definition) is 1. The Bertz CT molecular complexity index is 494. The fraction of sp³-hybridized carbons (Fsp3) is 0.647. The van der Waals surface area contributed by atoms with Crippen LogP contribution in [-0.4, -0.2) is 25.2 Å². The first-order valence-corrected chi connectivity index (χ1v) is 8.41. The molecule has 2 atom stereocenters. The zero-order valence-electron chi connectivity index (χ0n) is 13.6. The molecule has 0 saturated carbocycles. The van der Waals surface area contributed by atoms with Gasteiger partial charge in [-0.25, -0.2) is 0 Å². The number of hydrogen-bond acceptors (Lipinski definition) is 2. The summed E-state index contributed by atoms with van der Waals surface area (Å²) in [6.07, 6.45) is 0. The molecule has 1 aromatic rings. The summed E-state index contributed by atoms with van der Waals surface area (Å²) in [6, 6.07) is 6.70. The van der Waals surface area contributed by atoms with Crippen LogP contribution in [0.15, 0.2) is 18.2 Å². The molecule has 0 amide bonds. The van der Waals surface area contributed by atoms with E-state index in [1.54, 1.807) is 0 Å². The number of piperazine rings is 1. The van der Waals surface area contributed by atoms with Gasteiger partial charge in [0, 0.05) is 30.2 Å². The third-order valence-electron chi connectivity index (χ3n) is 4.39. The SMILES string of the molecule is CC(C)C1CNC(C(C)(C)C)CN1c1ccc(Cl)cc1Cl. The molecule has 4 heteroatoms. The number of halogens is 2. The molecule has 0 aromatic heterocycles. The molecule has 1 heterocycles. The largest absolute Gasteiger partial charge is 0.364 e. The summed E-state index contributed by atoms with van der Waals surface area (Å²) in [4.78, 5) is 2.45. The van der Waals surface area contributed by atoms with E-state index in [4.69, 9.17) is 23.2 Å². The number of rotatable bonds is 2. The van der Waals surface area contributed by atoms with Gasteiger partial charge in [0.1, 0.15) is 0 Å². The van der Waals surface area contributed by atoms with Gasteiger partial charge in [-0.3, -0.25) is 0 Å². The van der Waals surface area contributed by atoms with Crippen molar-refractivity contribution in [1.29, 1.82) is 0 Å². The molecule has 2 rings (SSSR count). The Morgan fingerprint density at radius 1 is 1.24 bits per heavy atom. The highest BCUT2D eigenvalue weighted by Gasteiger charge is 2.35. The van der Waals surface area contributed by atoms with Gasteiger partial charge in [0.05, 0.1) is 10.7 Å². The minimum Gasteiger partial charge on any atom is -0.364 e. The van der Waals surface area contributed by atoms with Crippen LogP contribution in [0.25, 0.3) is 0 Å². The van der Waals surface area contributed by atoms with Gasteiger partial charge in [0.25, 0.3) is 0 Å². The van der Waals surface area contributed by atoms with Crippen molar-refractivity contribution in [3.8, 4) is 0 Å². The lowest BCUT2D eigenvalue weighted by molar-refractivity contribution is 0.221. The van der Waals surface area contributed by atoms with Crippen molar-refractivity contribution in [3.05, 3.63) is 28.2 Å². The molecule has 1 aromatic carbocycles. The summed E-state index contributed by atoms with van der Waals surface area (Å²) in [7, 11) is 0. The topological polar surface area (TPSA) is 15.3 Å². The van der Waals surface area contributed by atoms with Crippen LogP contribution in [0.2, 0.25) is 10.0 Å². The van der Waals surface area contributed by atoms with Crippen molar-refractivity contribution in [3.63, 3.8) is 0 Å². The van der Waals surface area contributed by atoms with Crippen LogP contribution in [0.5, 0.6) is 0 Å². The Balaban J connectivity index is 2.34. The average molecular weight is 329 g/mol. The summed E-state index contributed by atoms with van der Waals surface area (Å²) in [5.74, 6) is 0.560. The molecule has 118 valence electrons. The molecule has 1 aliphatic heterocycles. The number of anilines is 1.